The predicted octanol–water partition coefficient (Wildman–Crippen LogP) is 2.52. The second kappa shape index (κ2) is 5.33. The van der Waals surface area contributed by atoms with Gasteiger partial charge in [-0.3, -0.25) is 4.79 Å². The van der Waals surface area contributed by atoms with Crippen LogP contribution in [0.1, 0.15) is 44.4 Å². The molecule has 1 aromatic rings. The van der Waals surface area contributed by atoms with Gasteiger partial charge in [-0.1, -0.05) is 31.2 Å². The topological polar surface area (TPSA) is 32.3 Å². The molecule has 1 aliphatic rings. The van der Waals surface area contributed by atoms with Crippen LogP contribution in [0, 0.1) is 0 Å². The molecule has 1 amide bonds. The van der Waals surface area contributed by atoms with Crippen LogP contribution in [-0.2, 0) is 11.2 Å². The third kappa shape index (κ3) is 2.66. The molecule has 1 aromatic carbocycles. The molecule has 0 aromatic heterocycles. The second-order valence-corrected chi connectivity index (χ2v) is 5.82. The summed E-state index contributed by atoms with van der Waals surface area (Å²) in [5.74, 6) is 0.163. The maximum atomic E-state index is 12.6. The highest BCUT2D eigenvalue weighted by molar-refractivity contribution is 5.85. The highest BCUT2D eigenvalue weighted by Crippen LogP contribution is 2.35. The predicted molar refractivity (Wildman–Crippen MR) is 78.0 cm³/mol. The molecule has 2 rings (SSSR count). The lowest BCUT2D eigenvalue weighted by molar-refractivity contribution is -0.138. The number of carbonyl (C=O) groups excluding carboxylic acids is 1. The van der Waals surface area contributed by atoms with Crippen LogP contribution in [0.3, 0.4) is 0 Å². The Kier molecular flexibility index (Phi) is 3.95. The van der Waals surface area contributed by atoms with Crippen molar-refractivity contribution < 1.29 is 4.79 Å². The van der Waals surface area contributed by atoms with Gasteiger partial charge in [-0.05, 0) is 44.4 Å². The minimum atomic E-state index is -0.499. The van der Waals surface area contributed by atoms with Gasteiger partial charge in [0.1, 0.15) is 0 Å². The maximum absolute atomic E-state index is 12.6. The number of fused-ring (bicyclic) bond motifs is 1. The summed E-state index contributed by atoms with van der Waals surface area (Å²) in [6.07, 6.45) is 2.10. The van der Waals surface area contributed by atoms with Crippen LogP contribution < -0.4 is 5.32 Å². The molecule has 0 heterocycles. The number of amides is 1. The number of nitrogens with one attached hydrogen (secondary N) is 1. The van der Waals surface area contributed by atoms with E-state index in [-0.39, 0.29) is 11.9 Å². The summed E-state index contributed by atoms with van der Waals surface area (Å²) in [5, 5.41) is 3.26. The Morgan fingerprint density at radius 3 is 2.79 bits per heavy atom. The minimum absolute atomic E-state index is 0.163. The summed E-state index contributed by atoms with van der Waals surface area (Å²) in [6.45, 7) is 6.74. The molecule has 104 valence electrons. The van der Waals surface area contributed by atoms with Gasteiger partial charge in [-0.25, -0.2) is 0 Å². The van der Waals surface area contributed by atoms with Gasteiger partial charge in [0.15, 0.2) is 0 Å². The summed E-state index contributed by atoms with van der Waals surface area (Å²) in [5.41, 5.74) is 2.19. The molecule has 0 aliphatic heterocycles. The number of likely N-dealkylation sites (N-methyl/N-ethyl adjacent to an activating group) is 2. The van der Waals surface area contributed by atoms with Crippen LogP contribution in [0.15, 0.2) is 24.3 Å². The average Bonchev–Trinajstić information content (AvgIpc) is 2.80. The molecule has 1 atom stereocenters. The monoisotopic (exact) mass is 260 g/mol. The Labute approximate surface area is 116 Å². The molecular formula is C16H24N2O. The molecule has 0 saturated carbocycles. The van der Waals surface area contributed by atoms with E-state index in [4.69, 9.17) is 0 Å². The Hall–Kier alpha value is -1.35. The van der Waals surface area contributed by atoms with Gasteiger partial charge in [0, 0.05) is 7.05 Å². The second-order valence-electron chi connectivity index (χ2n) is 5.82. The summed E-state index contributed by atoms with van der Waals surface area (Å²) in [6, 6.07) is 8.68. The van der Waals surface area contributed by atoms with Crippen molar-refractivity contribution in [1.29, 1.82) is 0 Å². The quantitative estimate of drug-likeness (QED) is 0.902. The van der Waals surface area contributed by atoms with Gasteiger partial charge < -0.3 is 10.2 Å². The molecule has 3 heteroatoms. The molecule has 0 bridgehead atoms. The molecule has 0 spiro atoms. The van der Waals surface area contributed by atoms with Crippen LogP contribution in [0.25, 0.3) is 0 Å². The normalized spacial score (nSPS) is 18.2. The smallest absolute Gasteiger partial charge is 0.242 e. The third-order valence-corrected chi connectivity index (χ3v) is 4.04. The first-order valence-corrected chi connectivity index (χ1v) is 7.07. The van der Waals surface area contributed by atoms with E-state index in [9.17, 15) is 4.79 Å². The van der Waals surface area contributed by atoms with Crippen LogP contribution in [0.4, 0.5) is 0 Å². The van der Waals surface area contributed by atoms with E-state index in [1.807, 2.05) is 32.7 Å². The van der Waals surface area contributed by atoms with E-state index < -0.39 is 5.54 Å². The van der Waals surface area contributed by atoms with Gasteiger partial charge in [0.2, 0.25) is 5.91 Å². The standard InChI is InChI=1S/C16H24N2O/c1-5-17-16(2,3)15(19)18(4)14-11-10-12-8-6-7-9-13(12)14/h6-9,14,17H,5,10-11H2,1-4H3. The number of aryl methyl sites for hydroxylation is 1. The highest BCUT2D eigenvalue weighted by Gasteiger charge is 2.35. The zero-order valence-electron chi connectivity index (χ0n) is 12.4. The van der Waals surface area contributed by atoms with E-state index in [0.717, 1.165) is 19.4 Å². The number of rotatable bonds is 4. The molecule has 19 heavy (non-hydrogen) atoms. The number of carbonyl (C=O) groups is 1. The van der Waals surface area contributed by atoms with Gasteiger partial charge in [-0.15, -0.1) is 0 Å². The van der Waals surface area contributed by atoms with Crippen molar-refractivity contribution in [3.8, 4) is 0 Å². The molecule has 0 fully saturated rings. The molecular weight excluding hydrogens is 236 g/mol. The lowest BCUT2D eigenvalue weighted by atomic mass is 10.0. The van der Waals surface area contributed by atoms with Crippen molar-refractivity contribution in [3.05, 3.63) is 35.4 Å². The fourth-order valence-electron chi connectivity index (χ4n) is 3.04. The van der Waals surface area contributed by atoms with Gasteiger partial charge in [-0.2, -0.15) is 0 Å². The van der Waals surface area contributed by atoms with Crippen LogP contribution in [0.5, 0.6) is 0 Å². The minimum Gasteiger partial charge on any atom is -0.337 e. The molecule has 0 radical (unpaired) electrons. The summed E-state index contributed by atoms with van der Waals surface area (Å²) in [4.78, 5) is 14.5. The van der Waals surface area contributed by atoms with Gasteiger partial charge >= 0.3 is 0 Å². The van der Waals surface area contributed by atoms with E-state index in [1.54, 1.807) is 0 Å². The maximum Gasteiger partial charge on any atom is 0.242 e. The Balaban J connectivity index is 2.18. The highest BCUT2D eigenvalue weighted by atomic mass is 16.2. The first kappa shape index (κ1) is 14.1. The molecule has 1 unspecified atom stereocenters. The summed E-state index contributed by atoms with van der Waals surface area (Å²) >= 11 is 0. The van der Waals surface area contributed by atoms with Crippen molar-refractivity contribution in [3.63, 3.8) is 0 Å². The molecule has 3 nitrogen and oxygen atoms in total. The number of hydrogen-bond acceptors (Lipinski definition) is 2. The largest absolute Gasteiger partial charge is 0.337 e. The first-order chi connectivity index (χ1) is 8.97. The SMILES string of the molecule is CCNC(C)(C)C(=O)N(C)C1CCc2ccccc21. The first-order valence-electron chi connectivity index (χ1n) is 7.07. The lowest BCUT2D eigenvalue weighted by Crippen LogP contribution is -2.53. The van der Waals surface area contributed by atoms with Gasteiger partial charge in [0.05, 0.1) is 11.6 Å². The summed E-state index contributed by atoms with van der Waals surface area (Å²) < 4.78 is 0. The average molecular weight is 260 g/mol. The van der Waals surface area contributed by atoms with Crippen molar-refractivity contribution in [2.75, 3.05) is 13.6 Å². The molecule has 1 N–H and O–H groups in total. The van der Waals surface area contributed by atoms with Crippen LogP contribution in [-0.4, -0.2) is 29.9 Å². The van der Waals surface area contributed by atoms with Crippen LogP contribution in [0.2, 0.25) is 0 Å². The zero-order valence-corrected chi connectivity index (χ0v) is 12.4. The summed E-state index contributed by atoms with van der Waals surface area (Å²) in [7, 11) is 1.92. The van der Waals surface area contributed by atoms with Crippen LogP contribution >= 0.6 is 0 Å². The van der Waals surface area contributed by atoms with E-state index in [2.05, 4.69) is 29.6 Å². The van der Waals surface area contributed by atoms with Crippen molar-refractivity contribution in [2.45, 2.75) is 45.2 Å². The fraction of sp³-hybridized carbons (Fsp3) is 0.562. The van der Waals surface area contributed by atoms with E-state index in [0.29, 0.717) is 0 Å². The van der Waals surface area contributed by atoms with Crippen molar-refractivity contribution in [2.24, 2.45) is 0 Å². The number of nitrogens with zero attached hydrogens (tertiary/aromatic N) is 1. The number of benzene rings is 1. The van der Waals surface area contributed by atoms with Crippen molar-refractivity contribution in [1.82, 2.24) is 10.2 Å². The fourth-order valence-corrected chi connectivity index (χ4v) is 3.04. The van der Waals surface area contributed by atoms with Crippen molar-refractivity contribution >= 4 is 5.91 Å². The van der Waals surface area contributed by atoms with E-state index in [1.165, 1.54) is 11.1 Å². The Morgan fingerprint density at radius 1 is 1.42 bits per heavy atom. The lowest BCUT2D eigenvalue weighted by Gasteiger charge is -2.34. The Morgan fingerprint density at radius 2 is 2.11 bits per heavy atom. The van der Waals surface area contributed by atoms with Gasteiger partial charge in [0.25, 0.3) is 0 Å². The molecule has 1 aliphatic carbocycles. The zero-order chi connectivity index (χ0) is 14.0. The Bertz CT molecular complexity index is 468. The molecule has 0 saturated heterocycles. The number of hydrogen-bond donors (Lipinski definition) is 1. The third-order valence-electron chi connectivity index (χ3n) is 4.04. The van der Waals surface area contributed by atoms with E-state index >= 15 is 0 Å².